The lowest BCUT2D eigenvalue weighted by atomic mass is 10.3. The molecule has 126 valence electrons. The Kier molecular flexibility index (Phi) is 9.63. The van der Waals surface area contributed by atoms with E-state index in [4.69, 9.17) is 14.6 Å². The summed E-state index contributed by atoms with van der Waals surface area (Å²) in [5, 5.41) is 1.24. The highest BCUT2D eigenvalue weighted by Gasteiger charge is 2.39. The summed E-state index contributed by atoms with van der Waals surface area (Å²) in [6.45, 7) is 8.00. The molecule has 0 aliphatic heterocycles. The van der Waals surface area contributed by atoms with Crippen LogP contribution < -0.4 is 10.9 Å². The fourth-order valence-electron chi connectivity index (χ4n) is 2.37. The largest absolute Gasteiger partial charge is 0.391 e. The first-order valence-corrected chi connectivity index (χ1v) is 10.8. The highest BCUT2D eigenvalue weighted by Crippen LogP contribution is 2.19. The van der Waals surface area contributed by atoms with E-state index in [-0.39, 0.29) is 6.04 Å². The SMILES string of the molecule is CCCCO[Si](CCC(C)N)(OCCCC)c1ccccc1. The Hall–Kier alpha value is -0.683. The first-order valence-electron chi connectivity index (χ1n) is 8.73. The van der Waals surface area contributed by atoms with Crippen molar-refractivity contribution in [3.8, 4) is 0 Å². The molecule has 2 N–H and O–H groups in total. The molecule has 1 aromatic carbocycles. The minimum absolute atomic E-state index is 0.181. The third-order valence-corrected chi connectivity index (χ3v) is 7.31. The van der Waals surface area contributed by atoms with E-state index >= 15 is 0 Å². The summed E-state index contributed by atoms with van der Waals surface area (Å²) in [6.07, 6.45) is 5.39. The van der Waals surface area contributed by atoms with Crippen molar-refractivity contribution in [3.63, 3.8) is 0 Å². The van der Waals surface area contributed by atoms with Gasteiger partial charge in [-0.1, -0.05) is 57.0 Å². The second-order valence-corrected chi connectivity index (χ2v) is 9.20. The second kappa shape index (κ2) is 10.9. The summed E-state index contributed by atoms with van der Waals surface area (Å²) in [5.74, 6) is 0. The lowest BCUT2D eigenvalue weighted by molar-refractivity contribution is 0.174. The molecule has 1 aromatic rings. The molecule has 0 spiro atoms. The minimum Gasteiger partial charge on any atom is -0.391 e. The van der Waals surface area contributed by atoms with Gasteiger partial charge >= 0.3 is 8.56 Å². The van der Waals surface area contributed by atoms with Gasteiger partial charge in [0.1, 0.15) is 0 Å². The highest BCUT2D eigenvalue weighted by atomic mass is 28.4. The zero-order valence-corrected chi connectivity index (χ0v) is 15.5. The van der Waals surface area contributed by atoms with Crippen molar-refractivity contribution in [2.45, 2.75) is 65.0 Å². The Bertz CT molecular complexity index is 374. The van der Waals surface area contributed by atoms with Gasteiger partial charge in [-0.3, -0.25) is 0 Å². The predicted octanol–water partition coefficient (Wildman–Crippen LogP) is 3.71. The highest BCUT2D eigenvalue weighted by molar-refractivity contribution is 6.81. The van der Waals surface area contributed by atoms with E-state index in [9.17, 15) is 0 Å². The number of nitrogens with two attached hydrogens (primary N) is 1. The van der Waals surface area contributed by atoms with Gasteiger partial charge in [-0.25, -0.2) is 0 Å². The molecule has 4 heteroatoms. The van der Waals surface area contributed by atoms with Crippen molar-refractivity contribution in [2.24, 2.45) is 5.73 Å². The van der Waals surface area contributed by atoms with Crippen LogP contribution in [0.25, 0.3) is 0 Å². The Morgan fingerprint density at radius 3 is 2.00 bits per heavy atom. The van der Waals surface area contributed by atoms with Gasteiger partial charge in [-0.2, -0.15) is 0 Å². The van der Waals surface area contributed by atoms with Gasteiger partial charge in [0.25, 0.3) is 0 Å². The molecule has 0 heterocycles. The summed E-state index contributed by atoms with van der Waals surface area (Å²) in [5.41, 5.74) is 6.00. The van der Waals surface area contributed by atoms with Crippen LogP contribution in [0.5, 0.6) is 0 Å². The second-order valence-electron chi connectivity index (χ2n) is 6.04. The monoisotopic (exact) mass is 323 g/mol. The van der Waals surface area contributed by atoms with Gasteiger partial charge in [-0.15, -0.1) is 0 Å². The lowest BCUT2D eigenvalue weighted by Crippen LogP contribution is -2.54. The molecule has 1 rings (SSSR count). The zero-order chi connectivity index (χ0) is 16.3. The Balaban J connectivity index is 2.93. The molecule has 0 aliphatic carbocycles. The van der Waals surface area contributed by atoms with E-state index in [2.05, 4.69) is 45.0 Å². The first kappa shape index (κ1) is 19.4. The maximum atomic E-state index is 6.41. The topological polar surface area (TPSA) is 44.5 Å². The summed E-state index contributed by atoms with van der Waals surface area (Å²) >= 11 is 0. The minimum atomic E-state index is -2.39. The van der Waals surface area contributed by atoms with E-state index in [1.807, 2.05) is 6.07 Å². The van der Waals surface area contributed by atoms with E-state index in [0.717, 1.165) is 51.4 Å². The van der Waals surface area contributed by atoms with Crippen LogP contribution in [-0.4, -0.2) is 27.8 Å². The molecule has 1 atom stereocenters. The van der Waals surface area contributed by atoms with Crippen molar-refractivity contribution in [1.29, 1.82) is 0 Å². The molecule has 22 heavy (non-hydrogen) atoms. The Morgan fingerprint density at radius 1 is 1.00 bits per heavy atom. The van der Waals surface area contributed by atoms with Crippen molar-refractivity contribution in [3.05, 3.63) is 30.3 Å². The maximum absolute atomic E-state index is 6.41. The molecule has 0 saturated heterocycles. The van der Waals surface area contributed by atoms with Crippen LogP contribution in [0.15, 0.2) is 30.3 Å². The van der Waals surface area contributed by atoms with Crippen molar-refractivity contribution in [2.75, 3.05) is 13.2 Å². The van der Waals surface area contributed by atoms with Crippen molar-refractivity contribution >= 4 is 13.7 Å². The standard InChI is InChI=1S/C18H33NO2Si/c1-4-6-14-20-22(16-13-17(3)19,21-15-7-5-2)18-11-9-8-10-12-18/h8-12,17H,4-7,13-16,19H2,1-3H3. The number of unbranched alkanes of at least 4 members (excludes halogenated alkanes) is 2. The number of hydrogen-bond donors (Lipinski definition) is 1. The summed E-state index contributed by atoms with van der Waals surface area (Å²) in [7, 11) is -2.39. The van der Waals surface area contributed by atoms with E-state index in [1.165, 1.54) is 5.19 Å². The van der Waals surface area contributed by atoms with Gasteiger partial charge in [0, 0.05) is 19.3 Å². The average molecular weight is 324 g/mol. The number of hydrogen-bond acceptors (Lipinski definition) is 3. The van der Waals surface area contributed by atoms with Crippen LogP contribution in [0.3, 0.4) is 0 Å². The molecular weight excluding hydrogens is 290 g/mol. The molecule has 0 aliphatic rings. The number of benzene rings is 1. The molecule has 0 fully saturated rings. The Labute approximate surface area is 137 Å². The summed E-state index contributed by atoms with van der Waals surface area (Å²) in [6, 6.07) is 11.6. The zero-order valence-electron chi connectivity index (χ0n) is 14.5. The van der Waals surface area contributed by atoms with Gasteiger partial charge < -0.3 is 14.6 Å². The smallest absolute Gasteiger partial charge is 0.372 e. The van der Waals surface area contributed by atoms with Gasteiger partial charge in [0.2, 0.25) is 0 Å². The van der Waals surface area contributed by atoms with Crippen LogP contribution in [0.2, 0.25) is 6.04 Å². The van der Waals surface area contributed by atoms with Crippen molar-refractivity contribution in [1.82, 2.24) is 0 Å². The predicted molar refractivity (Wildman–Crippen MR) is 96.6 cm³/mol. The summed E-state index contributed by atoms with van der Waals surface area (Å²) in [4.78, 5) is 0. The van der Waals surface area contributed by atoms with E-state index in [0.29, 0.717) is 0 Å². The van der Waals surface area contributed by atoms with Gasteiger partial charge in [0.05, 0.1) is 0 Å². The molecule has 0 amide bonds. The fourth-order valence-corrected chi connectivity index (χ4v) is 5.85. The molecule has 0 aromatic heterocycles. The first-order chi connectivity index (χ1) is 10.6. The van der Waals surface area contributed by atoms with Crippen LogP contribution in [0.4, 0.5) is 0 Å². The normalized spacial score (nSPS) is 13.3. The summed E-state index contributed by atoms with van der Waals surface area (Å²) < 4.78 is 12.8. The van der Waals surface area contributed by atoms with Crippen LogP contribution in [-0.2, 0) is 8.85 Å². The van der Waals surface area contributed by atoms with E-state index in [1.54, 1.807) is 0 Å². The lowest BCUT2D eigenvalue weighted by Gasteiger charge is -2.32. The molecule has 1 unspecified atom stereocenters. The molecular formula is C18H33NO2Si. The molecule has 3 nitrogen and oxygen atoms in total. The fraction of sp³-hybridized carbons (Fsp3) is 0.667. The van der Waals surface area contributed by atoms with Gasteiger partial charge in [-0.05, 0) is 37.4 Å². The van der Waals surface area contributed by atoms with Crippen LogP contribution in [0, 0.1) is 0 Å². The Morgan fingerprint density at radius 2 is 1.55 bits per heavy atom. The van der Waals surface area contributed by atoms with Crippen LogP contribution >= 0.6 is 0 Å². The molecule has 0 radical (unpaired) electrons. The maximum Gasteiger partial charge on any atom is 0.372 e. The quantitative estimate of drug-likeness (QED) is 0.471. The third kappa shape index (κ3) is 6.61. The molecule has 0 bridgehead atoms. The van der Waals surface area contributed by atoms with Gasteiger partial charge in [0.15, 0.2) is 0 Å². The van der Waals surface area contributed by atoms with Crippen LogP contribution in [0.1, 0.15) is 52.9 Å². The number of rotatable bonds is 12. The third-order valence-electron chi connectivity index (χ3n) is 3.81. The van der Waals surface area contributed by atoms with E-state index < -0.39 is 8.56 Å². The average Bonchev–Trinajstić information content (AvgIpc) is 2.53. The molecule has 0 saturated carbocycles. The van der Waals surface area contributed by atoms with Crippen molar-refractivity contribution < 1.29 is 8.85 Å².